The van der Waals surface area contributed by atoms with Gasteiger partial charge in [0.05, 0.1) is 11.6 Å². The number of halogens is 1. The molecule has 0 spiro atoms. The number of imidazole rings is 1. The molecule has 182 valence electrons. The van der Waals surface area contributed by atoms with Crippen LogP contribution < -0.4 is 16.4 Å². The molecule has 2 heterocycles. The summed E-state index contributed by atoms with van der Waals surface area (Å²) in [5.41, 5.74) is 11.3. The van der Waals surface area contributed by atoms with E-state index in [-0.39, 0.29) is 6.03 Å². The number of benzene rings is 3. The van der Waals surface area contributed by atoms with E-state index in [1.807, 2.05) is 79.7 Å². The molecule has 0 unspecified atom stereocenters. The van der Waals surface area contributed by atoms with Gasteiger partial charge in [-0.1, -0.05) is 77.8 Å². The Morgan fingerprint density at radius 3 is 2.67 bits per heavy atom. The van der Waals surface area contributed by atoms with Gasteiger partial charge in [0.15, 0.2) is 5.82 Å². The van der Waals surface area contributed by atoms with E-state index >= 15 is 0 Å². The number of H-pyrrole nitrogens is 2. The minimum absolute atomic E-state index is 0.291. The maximum absolute atomic E-state index is 12.9. The van der Waals surface area contributed by atoms with Gasteiger partial charge in [0.25, 0.3) is 0 Å². The molecule has 8 nitrogen and oxygen atoms in total. The molecule has 6 N–H and O–H groups in total. The third-order valence-electron chi connectivity index (χ3n) is 6.00. The van der Waals surface area contributed by atoms with Gasteiger partial charge in [-0.15, -0.1) is 0 Å². The summed E-state index contributed by atoms with van der Waals surface area (Å²) in [7, 11) is 0. The van der Waals surface area contributed by atoms with Crippen molar-refractivity contribution in [2.24, 2.45) is 0 Å². The van der Waals surface area contributed by atoms with Crippen LogP contribution in [0.1, 0.15) is 28.6 Å². The van der Waals surface area contributed by atoms with Gasteiger partial charge < -0.3 is 21.4 Å². The monoisotopic (exact) mass is 499 g/mol. The van der Waals surface area contributed by atoms with E-state index in [0.717, 1.165) is 33.2 Å². The molecular weight excluding hydrogens is 474 g/mol. The molecule has 9 heteroatoms. The summed E-state index contributed by atoms with van der Waals surface area (Å²) in [5.74, 6) is 1.00. The van der Waals surface area contributed by atoms with Gasteiger partial charge in [-0.3, -0.25) is 5.10 Å². The Bertz CT molecular complexity index is 1510. The topological polar surface area (TPSA) is 125 Å². The van der Waals surface area contributed by atoms with Gasteiger partial charge in [0.2, 0.25) is 0 Å². The Morgan fingerprint density at radius 1 is 1.06 bits per heavy atom. The Kier molecular flexibility index (Phi) is 6.60. The maximum Gasteiger partial charge on any atom is 0.315 e. The molecule has 0 saturated heterocycles. The molecule has 5 aromatic rings. The van der Waals surface area contributed by atoms with Crippen LogP contribution in [0, 0.1) is 6.92 Å². The van der Waals surface area contributed by atoms with Crippen molar-refractivity contribution in [2.45, 2.75) is 25.9 Å². The van der Waals surface area contributed by atoms with Crippen molar-refractivity contribution >= 4 is 34.4 Å². The van der Waals surface area contributed by atoms with Crippen LogP contribution in [0.15, 0.2) is 72.8 Å². The highest BCUT2D eigenvalue weighted by Gasteiger charge is 2.22. The Hall–Kier alpha value is -4.30. The summed E-state index contributed by atoms with van der Waals surface area (Å²) < 4.78 is 0. The molecule has 0 aliphatic carbocycles. The van der Waals surface area contributed by atoms with Gasteiger partial charge in [-0.25, -0.2) is 9.78 Å². The Balaban J connectivity index is 1.39. The number of rotatable bonds is 7. The number of aromatic nitrogens is 4. The molecule has 0 radical (unpaired) electrons. The molecule has 2 amide bonds. The number of urea groups is 1. The van der Waals surface area contributed by atoms with E-state index in [2.05, 4.69) is 25.8 Å². The predicted molar refractivity (Wildman–Crippen MR) is 143 cm³/mol. The summed E-state index contributed by atoms with van der Waals surface area (Å²) >= 11 is 6.58. The van der Waals surface area contributed by atoms with Gasteiger partial charge in [0, 0.05) is 17.5 Å². The van der Waals surface area contributed by atoms with E-state index < -0.39 is 6.04 Å². The number of anilines is 1. The molecule has 2 aromatic heterocycles. The third kappa shape index (κ3) is 5.18. The third-order valence-corrected chi connectivity index (χ3v) is 6.27. The molecular formula is C27H26ClN7O. The second-order valence-electron chi connectivity index (χ2n) is 8.71. The highest BCUT2D eigenvalue weighted by Crippen LogP contribution is 2.31. The van der Waals surface area contributed by atoms with Crippen LogP contribution in [0.25, 0.3) is 22.2 Å². The van der Waals surface area contributed by atoms with Gasteiger partial charge >= 0.3 is 6.03 Å². The zero-order valence-corrected chi connectivity index (χ0v) is 20.4. The van der Waals surface area contributed by atoms with E-state index in [0.29, 0.717) is 35.5 Å². The van der Waals surface area contributed by atoms with Crippen molar-refractivity contribution in [3.8, 4) is 11.3 Å². The average Bonchev–Trinajstić information content (AvgIpc) is 3.45. The van der Waals surface area contributed by atoms with Crippen LogP contribution in [0.4, 0.5) is 10.6 Å². The van der Waals surface area contributed by atoms with Crippen LogP contribution >= 0.6 is 11.6 Å². The first-order valence-corrected chi connectivity index (χ1v) is 12.0. The maximum atomic E-state index is 12.9. The number of aryl methyl sites for hydroxylation is 1. The van der Waals surface area contributed by atoms with Crippen molar-refractivity contribution in [1.29, 1.82) is 0 Å². The first-order valence-electron chi connectivity index (χ1n) is 11.6. The first kappa shape index (κ1) is 23.4. The molecule has 0 aliphatic rings. The van der Waals surface area contributed by atoms with Crippen LogP contribution in [0.5, 0.6) is 0 Å². The average molecular weight is 500 g/mol. The number of nitrogens with one attached hydrogen (secondary N) is 4. The Labute approximate surface area is 213 Å². The number of carbonyl (C=O) groups is 1. The first-order chi connectivity index (χ1) is 17.5. The zero-order valence-electron chi connectivity index (χ0n) is 19.7. The lowest BCUT2D eigenvalue weighted by molar-refractivity contribution is 0.236. The standard InChI is InChI=1S/C27H26ClN7O/c1-16-6-5-9-18(12-16)15-30-27(36)31-22(13-17-7-3-2-4-8-17)26-32-23(24(28)33-26)19-10-11-20-21(14-19)34-35-25(20)29/h2-12,14,22H,13,15H2,1H3,(H,32,33)(H3,29,34,35)(H2,30,31,36)/t22-/m0/s1. The summed E-state index contributed by atoms with van der Waals surface area (Å²) in [6.07, 6.45) is 0.540. The van der Waals surface area contributed by atoms with Crippen molar-refractivity contribution in [3.63, 3.8) is 0 Å². The quantitative estimate of drug-likeness (QED) is 0.209. The summed E-state index contributed by atoms with van der Waals surface area (Å²) in [5, 5.41) is 14.2. The normalized spacial score (nSPS) is 11.9. The van der Waals surface area contributed by atoms with E-state index in [9.17, 15) is 4.79 Å². The van der Waals surface area contributed by atoms with Crippen LogP contribution in [0.3, 0.4) is 0 Å². The zero-order chi connectivity index (χ0) is 25.1. The summed E-state index contributed by atoms with van der Waals surface area (Å²) in [6.45, 7) is 2.44. The molecule has 1 atom stereocenters. The number of hydrogen-bond donors (Lipinski definition) is 5. The van der Waals surface area contributed by atoms with Gasteiger partial charge in [-0.2, -0.15) is 5.10 Å². The molecule has 5 rings (SSSR count). The number of nitrogens with zero attached hydrogens (tertiary/aromatic N) is 2. The largest absolute Gasteiger partial charge is 0.382 e. The van der Waals surface area contributed by atoms with Crippen molar-refractivity contribution in [3.05, 3.63) is 100 Å². The molecule has 0 bridgehead atoms. The number of carbonyl (C=O) groups excluding carboxylic acids is 1. The van der Waals surface area contributed by atoms with Crippen molar-refractivity contribution in [1.82, 2.24) is 30.8 Å². The number of amides is 2. The number of fused-ring (bicyclic) bond motifs is 1. The van der Waals surface area contributed by atoms with Crippen molar-refractivity contribution in [2.75, 3.05) is 5.73 Å². The minimum Gasteiger partial charge on any atom is -0.382 e. The molecule has 0 aliphatic heterocycles. The summed E-state index contributed by atoms with van der Waals surface area (Å²) in [4.78, 5) is 20.8. The lowest BCUT2D eigenvalue weighted by Gasteiger charge is -2.18. The smallest absolute Gasteiger partial charge is 0.315 e. The predicted octanol–water partition coefficient (Wildman–Crippen LogP) is 5.28. The van der Waals surface area contributed by atoms with E-state index in [1.54, 1.807) is 0 Å². The van der Waals surface area contributed by atoms with Crippen LogP contribution in [0.2, 0.25) is 5.15 Å². The lowest BCUT2D eigenvalue weighted by atomic mass is 10.1. The van der Waals surface area contributed by atoms with Crippen molar-refractivity contribution < 1.29 is 4.79 Å². The number of nitrogen functional groups attached to an aromatic ring is 1. The van der Waals surface area contributed by atoms with Gasteiger partial charge in [0.1, 0.15) is 16.7 Å². The van der Waals surface area contributed by atoms with Crippen LogP contribution in [-0.4, -0.2) is 26.2 Å². The van der Waals surface area contributed by atoms with Crippen LogP contribution in [-0.2, 0) is 13.0 Å². The molecule has 3 aromatic carbocycles. The second kappa shape index (κ2) is 10.1. The van der Waals surface area contributed by atoms with E-state index in [4.69, 9.17) is 22.3 Å². The second-order valence-corrected chi connectivity index (χ2v) is 9.09. The SMILES string of the molecule is Cc1cccc(CNC(=O)N[C@@H](Cc2ccccc2)c2nc(-c3ccc4c(N)n[nH]c4c3)c(Cl)[nH]2)c1. The highest BCUT2D eigenvalue weighted by atomic mass is 35.5. The van der Waals surface area contributed by atoms with Gasteiger partial charge in [-0.05, 0) is 36.6 Å². The fraction of sp³-hybridized carbons (Fsp3) is 0.148. The highest BCUT2D eigenvalue weighted by molar-refractivity contribution is 6.32. The minimum atomic E-state index is -0.428. The van der Waals surface area contributed by atoms with E-state index in [1.165, 1.54) is 0 Å². The fourth-order valence-electron chi connectivity index (χ4n) is 4.19. The lowest BCUT2D eigenvalue weighted by Crippen LogP contribution is -2.38. The number of nitrogens with two attached hydrogens (primary N) is 1. The number of aromatic amines is 2. The molecule has 36 heavy (non-hydrogen) atoms. The molecule has 0 saturated carbocycles. The summed E-state index contributed by atoms with van der Waals surface area (Å²) in [6, 6.07) is 22.9. The molecule has 0 fully saturated rings. The Morgan fingerprint density at radius 2 is 1.86 bits per heavy atom. The fourth-order valence-corrected chi connectivity index (χ4v) is 4.44. The number of hydrogen-bond acceptors (Lipinski definition) is 4.